The molecule has 1 aliphatic carbocycles. The minimum Gasteiger partial charge on any atom is -0.271 e. The molecule has 120 valence electrons. The van der Waals surface area contributed by atoms with Crippen molar-refractivity contribution in [1.29, 1.82) is 0 Å². The second-order valence-electron chi connectivity index (χ2n) is 6.22. The molecule has 2 unspecified atom stereocenters. The summed E-state index contributed by atoms with van der Waals surface area (Å²) in [6.45, 7) is 4.25. The van der Waals surface area contributed by atoms with Gasteiger partial charge in [-0.1, -0.05) is 6.92 Å². The molecule has 4 nitrogen and oxygen atoms in total. The summed E-state index contributed by atoms with van der Waals surface area (Å²) in [4.78, 5) is 0. The van der Waals surface area contributed by atoms with E-state index in [2.05, 4.69) is 24.4 Å². The molecule has 6 heteroatoms. The van der Waals surface area contributed by atoms with Gasteiger partial charge in [-0.3, -0.25) is 16.0 Å². The minimum atomic E-state index is -2.49. The van der Waals surface area contributed by atoms with Crippen LogP contribution in [0.15, 0.2) is 12.3 Å². The van der Waals surface area contributed by atoms with Crippen LogP contribution in [0.3, 0.4) is 0 Å². The first kappa shape index (κ1) is 16.4. The van der Waals surface area contributed by atoms with Crippen LogP contribution in [-0.4, -0.2) is 21.7 Å². The van der Waals surface area contributed by atoms with Crippen molar-refractivity contribution in [1.82, 2.24) is 15.2 Å². The Morgan fingerprint density at radius 1 is 1.48 bits per heavy atom. The first-order valence-corrected chi connectivity index (χ1v) is 7.83. The van der Waals surface area contributed by atoms with Gasteiger partial charge in [-0.25, -0.2) is 8.78 Å². The number of rotatable bonds is 6. The monoisotopic (exact) mass is 300 g/mol. The molecule has 1 heterocycles. The van der Waals surface area contributed by atoms with Crippen LogP contribution in [0.2, 0.25) is 0 Å². The summed E-state index contributed by atoms with van der Waals surface area (Å²) in [6.07, 6.45) is 4.68. The lowest BCUT2D eigenvalue weighted by Crippen LogP contribution is -2.45. The zero-order valence-electron chi connectivity index (χ0n) is 12.9. The molecular weight excluding hydrogens is 274 g/mol. The van der Waals surface area contributed by atoms with Crippen LogP contribution in [0.25, 0.3) is 0 Å². The third-order valence-electron chi connectivity index (χ3n) is 4.68. The summed E-state index contributed by atoms with van der Waals surface area (Å²) in [5.41, 5.74) is 3.77. The maximum Gasteiger partial charge on any atom is 0.248 e. The van der Waals surface area contributed by atoms with Crippen LogP contribution < -0.4 is 11.3 Å². The highest BCUT2D eigenvalue weighted by molar-refractivity contribution is 5.03. The first-order chi connectivity index (χ1) is 9.95. The number of nitrogens with one attached hydrogen (secondary N) is 1. The van der Waals surface area contributed by atoms with Crippen molar-refractivity contribution >= 4 is 0 Å². The van der Waals surface area contributed by atoms with E-state index >= 15 is 0 Å². The van der Waals surface area contributed by atoms with Gasteiger partial charge in [0, 0.05) is 37.5 Å². The Morgan fingerprint density at radius 3 is 2.71 bits per heavy atom. The van der Waals surface area contributed by atoms with Gasteiger partial charge in [0.2, 0.25) is 5.92 Å². The Hall–Kier alpha value is -1.01. The lowest BCUT2D eigenvalue weighted by atomic mass is 9.81. The molecule has 0 amide bonds. The van der Waals surface area contributed by atoms with E-state index in [9.17, 15) is 8.78 Å². The Morgan fingerprint density at radius 2 is 2.14 bits per heavy atom. The van der Waals surface area contributed by atoms with E-state index in [1.807, 2.05) is 16.9 Å². The van der Waals surface area contributed by atoms with Gasteiger partial charge in [0.05, 0.1) is 5.69 Å². The highest BCUT2D eigenvalue weighted by Gasteiger charge is 2.37. The molecule has 0 bridgehead atoms. The van der Waals surface area contributed by atoms with Gasteiger partial charge in [-0.15, -0.1) is 0 Å². The quantitative estimate of drug-likeness (QED) is 0.627. The number of aromatic nitrogens is 2. The number of halogens is 2. The Balaban J connectivity index is 1.95. The Bertz CT molecular complexity index is 437. The molecule has 2 atom stereocenters. The molecule has 1 aromatic rings. The van der Waals surface area contributed by atoms with Gasteiger partial charge < -0.3 is 0 Å². The maximum absolute atomic E-state index is 13.2. The molecule has 0 aliphatic heterocycles. The average molecular weight is 300 g/mol. The highest BCUT2D eigenvalue weighted by atomic mass is 19.3. The summed E-state index contributed by atoms with van der Waals surface area (Å²) in [7, 11) is 0. The summed E-state index contributed by atoms with van der Waals surface area (Å²) in [6, 6.07) is 2.38. The van der Waals surface area contributed by atoms with Crippen molar-refractivity contribution in [2.75, 3.05) is 0 Å². The zero-order valence-corrected chi connectivity index (χ0v) is 12.9. The topological polar surface area (TPSA) is 55.9 Å². The van der Waals surface area contributed by atoms with Crippen molar-refractivity contribution in [3.05, 3.63) is 18.0 Å². The van der Waals surface area contributed by atoms with Crippen molar-refractivity contribution in [3.8, 4) is 0 Å². The molecule has 1 aliphatic rings. The van der Waals surface area contributed by atoms with Crippen LogP contribution in [0.4, 0.5) is 8.78 Å². The van der Waals surface area contributed by atoms with E-state index in [0.717, 1.165) is 12.1 Å². The van der Waals surface area contributed by atoms with Gasteiger partial charge in [-0.05, 0) is 38.2 Å². The summed E-state index contributed by atoms with van der Waals surface area (Å²) in [5.74, 6) is 3.35. The average Bonchev–Trinajstić information content (AvgIpc) is 2.93. The molecule has 0 radical (unpaired) electrons. The van der Waals surface area contributed by atoms with Crippen LogP contribution in [0.1, 0.15) is 57.7 Å². The van der Waals surface area contributed by atoms with Gasteiger partial charge in [0.1, 0.15) is 0 Å². The van der Waals surface area contributed by atoms with Gasteiger partial charge in [-0.2, -0.15) is 5.10 Å². The van der Waals surface area contributed by atoms with Gasteiger partial charge in [0.25, 0.3) is 0 Å². The Labute approximate surface area is 125 Å². The van der Waals surface area contributed by atoms with Crippen LogP contribution in [0.5, 0.6) is 0 Å². The molecular formula is C15H26F2N4. The summed E-state index contributed by atoms with van der Waals surface area (Å²) < 4.78 is 28.4. The number of nitrogens with two attached hydrogens (primary N) is 1. The molecule has 0 spiro atoms. The largest absolute Gasteiger partial charge is 0.271 e. The molecule has 1 saturated carbocycles. The number of hydrogen-bond donors (Lipinski definition) is 2. The second-order valence-corrected chi connectivity index (χ2v) is 6.22. The summed E-state index contributed by atoms with van der Waals surface area (Å²) >= 11 is 0. The van der Waals surface area contributed by atoms with Crippen molar-refractivity contribution < 1.29 is 8.78 Å². The Kier molecular flexibility index (Phi) is 5.32. The highest BCUT2D eigenvalue weighted by Crippen LogP contribution is 2.37. The van der Waals surface area contributed by atoms with Gasteiger partial charge in [0.15, 0.2) is 0 Å². The summed E-state index contributed by atoms with van der Waals surface area (Å²) in [5, 5.41) is 4.57. The third kappa shape index (κ3) is 4.23. The fourth-order valence-electron chi connectivity index (χ4n) is 2.97. The SMILES string of the molecule is CCC(C)n1ccc(CC(NN)C2CCC(F)(F)CC2)n1. The normalized spacial score (nSPS) is 22.1. The van der Waals surface area contributed by atoms with Crippen LogP contribution >= 0.6 is 0 Å². The molecule has 1 aromatic heterocycles. The third-order valence-corrected chi connectivity index (χ3v) is 4.68. The molecule has 0 aromatic carbocycles. The van der Waals surface area contributed by atoms with E-state index in [-0.39, 0.29) is 24.8 Å². The van der Waals surface area contributed by atoms with Gasteiger partial charge >= 0.3 is 0 Å². The second kappa shape index (κ2) is 6.83. The predicted octanol–water partition coefficient (Wildman–Crippen LogP) is 3.05. The van der Waals surface area contributed by atoms with Crippen molar-refractivity contribution in [3.63, 3.8) is 0 Å². The minimum absolute atomic E-state index is 0.0152. The fourth-order valence-corrected chi connectivity index (χ4v) is 2.97. The molecule has 2 rings (SSSR count). The van der Waals surface area contributed by atoms with Crippen LogP contribution in [-0.2, 0) is 6.42 Å². The number of alkyl halides is 2. The van der Waals surface area contributed by atoms with E-state index in [4.69, 9.17) is 5.84 Å². The smallest absolute Gasteiger partial charge is 0.248 e. The maximum atomic E-state index is 13.2. The van der Waals surface area contributed by atoms with Crippen LogP contribution in [0, 0.1) is 5.92 Å². The van der Waals surface area contributed by atoms with Crippen molar-refractivity contribution in [2.45, 2.75) is 70.4 Å². The standard InChI is InChI=1S/C15H26F2N4/c1-3-11(2)21-9-6-13(20-21)10-14(19-18)12-4-7-15(16,17)8-5-12/h6,9,11-12,14,19H,3-5,7-8,10,18H2,1-2H3. The van der Waals surface area contributed by atoms with E-state index in [1.54, 1.807) is 0 Å². The lowest BCUT2D eigenvalue weighted by Gasteiger charge is -2.33. The lowest BCUT2D eigenvalue weighted by molar-refractivity contribution is -0.0495. The number of hydrogen-bond acceptors (Lipinski definition) is 3. The molecule has 0 saturated heterocycles. The van der Waals surface area contributed by atoms with E-state index < -0.39 is 5.92 Å². The number of nitrogens with zero attached hydrogens (tertiary/aromatic N) is 2. The fraction of sp³-hybridized carbons (Fsp3) is 0.800. The number of hydrazine groups is 1. The molecule has 3 N–H and O–H groups in total. The van der Waals surface area contributed by atoms with E-state index in [0.29, 0.717) is 25.3 Å². The molecule has 1 fully saturated rings. The van der Waals surface area contributed by atoms with E-state index in [1.165, 1.54) is 0 Å². The van der Waals surface area contributed by atoms with Crippen molar-refractivity contribution in [2.24, 2.45) is 11.8 Å². The first-order valence-electron chi connectivity index (χ1n) is 7.83. The predicted molar refractivity (Wildman–Crippen MR) is 78.9 cm³/mol. The molecule has 21 heavy (non-hydrogen) atoms. The zero-order chi connectivity index (χ0) is 15.5.